The van der Waals surface area contributed by atoms with Crippen LogP contribution < -0.4 is 10.1 Å². The van der Waals surface area contributed by atoms with Gasteiger partial charge in [-0.05, 0) is 42.8 Å². The summed E-state index contributed by atoms with van der Waals surface area (Å²) in [4.78, 5) is 28.1. The summed E-state index contributed by atoms with van der Waals surface area (Å²) < 4.78 is 6.56. The van der Waals surface area contributed by atoms with Gasteiger partial charge < -0.3 is 15.0 Å². The largest absolute Gasteiger partial charge is 0.493 e. The first-order valence-electron chi connectivity index (χ1n) is 9.75. The van der Waals surface area contributed by atoms with Gasteiger partial charge in [-0.1, -0.05) is 58.4 Å². The summed E-state index contributed by atoms with van der Waals surface area (Å²) in [5.74, 6) is 0.0195. The fourth-order valence-electron chi connectivity index (χ4n) is 3.74. The quantitative estimate of drug-likeness (QED) is 0.588. The summed E-state index contributed by atoms with van der Waals surface area (Å²) in [6.45, 7) is 2.26. The number of fused-ring (bicyclic) bond motifs is 1. The molecule has 5 nitrogen and oxygen atoms in total. The fourth-order valence-corrected chi connectivity index (χ4v) is 4.12. The maximum atomic E-state index is 13.7. The molecule has 6 heteroatoms. The van der Waals surface area contributed by atoms with Crippen LogP contribution in [0.2, 0.25) is 0 Å². The summed E-state index contributed by atoms with van der Waals surface area (Å²) in [6.07, 6.45) is 0. The molecule has 0 aromatic heterocycles. The van der Waals surface area contributed by atoms with Crippen LogP contribution in [0, 0.1) is 0 Å². The van der Waals surface area contributed by atoms with Crippen LogP contribution in [0.5, 0.6) is 5.75 Å². The maximum absolute atomic E-state index is 13.7. The average molecular weight is 465 g/mol. The Balaban J connectivity index is 1.88. The van der Waals surface area contributed by atoms with Gasteiger partial charge in [0.1, 0.15) is 12.3 Å². The molecule has 1 N–H and O–H groups in total. The number of halogens is 1. The minimum Gasteiger partial charge on any atom is -0.493 e. The van der Waals surface area contributed by atoms with Gasteiger partial charge in [0.2, 0.25) is 5.91 Å². The molecule has 3 aromatic carbocycles. The Hall–Kier alpha value is -3.12. The Morgan fingerprint density at radius 3 is 2.60 bits per heavy atom. The van der Waals surface area contributed by atoms with Crippen LogP contribution in [0.3, 0.4) is 0 Å². The smallest absolute Gasteiger partial charge is 0.258 e. The van der Waals surface area contributed by atoms with E-state index in [1.54, 1.807) is 23.1 Å². The van der Waals surface area contributed by atoms with E-state index in [4.69, 9.17) is 4.74 Å². The van der Waals surface area contributed by atoms with E-state index < -0.39 is 6.04 Å². The Labute approximate surface area is 183 Å². The van der Waals surface area contributed by atoms with Gasteiger partial charge in [-0.2, -0.15) is 0 Å². The predicted molar refractivity (Wildman–Crippen MR) is 120 cm³/mol. The lowest BCUT2D eigenvalue weighted by molar-refractivity contribution is -0.117. The number of carbonyl (C=O) groups excluding carboxylic acids is 2. The minimum absolute atomic E-state index is 0.0643. The van der Waals surface area contributed by atoms with E-state index >= 15 is 0 Å². The van der Waals surface area contributed by atoms with Gasteiger partial charge in [-0.15, -0.1) is 0 Å². The van der Waals surface area contributed by atoms with Crippen LogP contribution in [0.15, 0.2) is 77.3 Å². The Morgan fingerprint density at radius 1 is 1.10 bits per heavy atom. The van der Waals surface area contributed by atoms with Crippen molar-refractivity contribution in [1.82, 2.24) is 4.90 Å². The van der Waals surface area contributed by atoms with Crippen molar-refractivity contribution in [3.63, 3.8) is 0 Å². The molecule has 1 atom stereocenters. The second-order valence-electron chi connectivity index (χ2n) is 6.96. The second-order valence-corrected chi connectivity index (χ2v) is 7.87. The second kappa shape index (κ2) is 8.71. The van der Waals surface area contributed by atoms with E-state index in [2.05, 4.69) is 21.2 Å². The van der Waals surface area contributed by atoms with Crippen molar-refractivity contribution in [2.45, 2.75) is 13.0 Å². The lowest BCUT2D eigenvalue weighted by Gasteiger charge is -2.31. The zero-order valence-corrected chi connectivity index (χ0v) is 18.1. The number of nitrogens with zero attached hydrogens (tertiary/aromatic N) is 1. The molecule has 0 radical (unpaired) electrons. The van der Waals surface area contributed by atoms with Crippen molar-refractivity contribution in [1.29, 1.82) is 0 Å². The molecule has 152 valence electrons. The van der Waals surface area contributed by atoms with Crippen LogP contribution in [-0.4, -0.2) is 29.9 Å². The Bertz CT molecular complexity index is 1080. The number of ether oxygens (including phenoxy) is 1. The molecule has 0 unspecified atom stereocenters. The molecule has 0 spiro atoms. The predicted octanol–water partition coefficient (Wildman–Crippen LogP) is 5.03. The third kappa shape index (κ3) is 3.96. The molecular formula is C24H21BrN2O3. The number of nitrogens with one attached hydrogen (secondary N) is 1. The summed E-state index contributed by atoms with van der Waals surface area (Å²) >= 11 is 3.53. The van der Waals surface area contributed by atoms with Crippen LogP contribution >= 0.6 is 15.9 Å². The molecular weight excluding hydrogens is 444 g/mol. The number of carbonyl (C=O) groups is 2. The minimum atomic E-state index is -0.431. The van der Waals surface area contributed by atoms with E-state index in [9.17, 15) is 9.59 Å². The SMILES string of the molecule is CCOc1ccccc1C(=O)N1CC(=O)Nc2ccc(Br)cc2[C@@H]1c1ccccc1. The molecule has 0 bridgehead atoms. The van der Waals surface area contributed by atoms with Crippen LogP contribution in [0.4, 0.5) is 5.69 Å². The number of hydrogen-bond donors (Lipinski definition) is 1. The third-order valence-corrected chi connectivity index (χ3v) is 5.49. The van der Waals surface area contributed by atoms with Gasteiger partial charge in [0.25, 0.3) is 5.91 Å². The van der Waals surface area contributed by atoms with Crippen LogP contribution in [-0.2, 0) is 4.79 Å². The first-order valence-corrected chi connectivity index (χ1v) is 10.5. The molecule has 1 aliphatic heterocycles. The molecule has 0 fully saturated rings. The van der Waals surface area contributed by atoms with Crippen molar-refractivity contribution in [2.75, 3.05) is 18.5 Å². The topological polar surface area (TPSA) is 58.6 Å². The van der Waals surface area contributed by atoms with Gasteiger partial charge in [0.05, 0.1) is 18.2 Å². The zero-order valence-electron chi connectivity index (χ0n) is 16.5. The number of para-hydroxylation sites is 1. The highest BCUT2D eigenvalue weighted by molar-refractivity contribution is 9.10. The van der Waals surface area contributed by atoms with Crippen molar-refractivity contribution in [2.24, 2.45) is 0 Å². The highest BCUT2D eigenvalue weighted by Gasteiger charge is 2.35. The van der Waals surface area contributed by atoms with Crippen LogP contribution in [0.25, 0.3) is 0 Å². The summed E-state index contributed by atoms with van der Waals surface area (Å²) in [5, 5.41) is 2.94. The van der Waals surface area contributed by atoms with Crippen molar-refractivity contribution < 1.29 is 14.3 Å². The number of benzene rings is 3. The Morgan fingerprint density at radius 2 is 1.83 bits per heavy atom. The first-order chi connectivity index (χ1) is 14.6. The highest BCUT2D eigenvalue weighted by atomic mass is 79.9. The van der Waals surface area contributed by atoms with Gasteiger partial charge in [0, 0.05) is 15.7 Å². The Kier molecular flexibility index (Phi) is 5.86. The van der Waals surface area contributed by atoms with Gasteiger partial charge in [-0.3, -0.25) is 9.59 Å². The molecule has 1 aliphatic rings. The average Bonchev–Trinajstić information content (AvgIpc) is 2.90. The lowest BCUT2D eigenvalue weighted by atomic mass is 9.95. The molecule has 4 rings (SSSR count). The molecule has 0 aliphatic carbocycles. The molecule has 0 saturated heterocycles. The van der Waals surface area contributed by atoms with E-state index in [-0.39, 0.29) is 18.4 Å². The zero-order chi connectivity index (χ0) is 21.1. The number of anilines is 1. The third-order valence-electron chi connectivity index (χ3n) is 5.00. The van der Waals surface area contributed by atoms with E-state index in [0.29, 0.717) is 23.6 Å². The molecule has 30 heavy (non-hydrogen) atoms. The van der Waals surface area contributed by atoms with Crippen LogP contribution in [0.1, 0.15) is 34.5 Å². The van der Waals surface area contributed by atoms with E-state index in [1.807, 2.05) is 61.5 Å². The van der Waals surface area contributed by atoms with E-state index in [0.717, 1.165) is 15.6 Å². The van der Waals surface area contributed by atoms with Crippen molar-refractivity contribution >= 4 is 33.4 Å². The monoisotopic (exact) mass is 464 g/mol. The molecule has 2 amide bonds. The van der Waals surface area contributed by atoms with Gasteiger partial charge in [-0.25, -0.2) is 0 Å². The first kappa shape index (κ1) is 20.2. The summed E-state index contributed by atoms with van der Waals surface area (Å²) in [7, 11) is 0. The molecule has 1 heterocycles. The maximum Gasteiger partial charge on any atom is 0.258 e. The number of amides is 2. The standard InChI is InChI=1S/C24H21BrN2O3/c1-2-30-21-11-7-6-10-18(21)24(29)27-15-22(28)26-20-13-12-17(25)14-19(20)23(27)16-8-4-3-5-9-16/h3-14,23H,2,15H2,1H3,(H,26,28)/t23-/m0/s1. The van der Waals surface area contributed by atoms with Crippen molar-refractivity contribution in [3.05, 3.63) is 94.0 Å². The fraction of sp³-hybridized carbons (Fsp3) is 0.167. The highest BCUT2D eigenvalue weighted by Crippen LogP contribution is 2.38. The normalized spacial score (nSPS) is 15.7. The van der Waals surface area contributed by atoms with E-state index in [1.165, 1.54) is 0 Å². The van der Waals surface area contributed by atoms with Crippen molar-refractivity contribution in [3.8, 4) is 5.75 Å². The van der Waals surface area contributed by atoms with Gasteiger partial charge >= 0.3 is 0 Å². The molecule has 0 saturated carbocycles. The summed E-state index contributed by atoms with van der Waals surface area (Å²) in [5.41, 5.74) is 2.91. The molecule has 3 aromatic rings. The lowest BCUT2D eigenvalue weighted by Crippen LogP contribution is -2.39. The summed E-state index contributed by atoms with van der Waals surface area (Å²) in [6, 6.07) is 22.1. The number of rotatable bonds is 4. The van der Waals surface area contributed by atoms with Gasteiger partial charge in [0.15, 0.2) is 0 Å². The number of hydrogen-bond acceptors (Lipinski definition) is 3.